The number of hydrogen-bond acceptors (Lipinski definition) is 4. The Balaban J connectivity index is 1.83. The molecule has 5 nitrogen and oxygen atoms in total. The van der Waals surface area contributed by atoms with E-state index in [0.717, 1.165) is 29.2 Å². The van der Waals surface area contributed by atoms with Gasteiger partial charge in [0.25, 0.3) is 0 Å². The topological polar surface area (TPSA) is 58.8 Å². The number of carbonyl (C=O) groups is 1. The predicted octanol–water partition coefficient (Wildman–Crippen LogP) is 2.87. The fourth-order valence-corrected chi connectivity index (χ4v) is 2.50. The van der Waals surface area contributed by atoms with Crippen LogP contribution in [0.1, 0.15) is 39.3 Å². The van der Waals surface area contributed by atoms with E-state index in [-0.39, 0.29) is 12.3 Å². The molecule has 2 heterocycles. The van der Waals surface area contributed by atoms with Crippen molar-refractivity contribution in [3.63, 3.8) is 0 Å². The zero-order valence-corrected chi connectivity index (χ0v) is 12.9. The summed E-state index contributed by atoms with van der Waals surface area (Å²) in [6.07, 6.45) is 6.07. The molecule has 1 N–H and O–H groups in total. The molecule has 6 heteroatoms. The minimum absolute atomic E-state index is 0.125. The summed E-state index contributed by atoms with van der Waals surface area (Å²) in [6.45, 7) is 6.29. The monoisotopic (exact) mass is 292 g/mol. The van der Waals surface area contributed by atoms with Gasteiger partial charge in [0.05, 0.1) is 12.1 Å². The molecule has 0 aliphatic rings. The number of rotatable bonds is 6. The lowest BCUT2D eigenvalue weighted by Crippen LogP contribution is -2.21. The smallest absolute Gasteiger partial charge is 0.246 e. The van der Waals surface area contributed by atoms with Crippen molar-refractivity contribution in [3.8, 4) is 0 Å². The molecular formula is C14H20N4OS. The number of nitrogens with one attached hydrogen (secondary N) is 1. The van der Waals surface area contributed by atoms with Crippen LogP contribution in [0.2, 0.25) is 0 Å². The lowest BCUT2D eigenvalue weighted by molar-refractivity contribution is -0.120. The maximum atomic E-state index is 11.8. The summed E-state index contributed by atoms with van der Waals surface area (Å²) in [5.74, 6) is 0.522. The van der Waals surface area contributed by atoms with Gasteiger partial charge in [0.15, 0.2) is 4.96 Å². The first-order chi connectivity index (χ1) is 9.54. The average Bonchev–Trinajstić information content (AvgIpc) is 2.94. The molecule has 0 atom stereocenters. The van der Waals surface area contributed by atoms with Crippen molar-refractivity contribution in [3.05, 3.63) is 23.5 Å². The molecule has 0 saturated heterocycles. The molecule has 0 spiro atoms. The van der Waals surface area contributed by atoms with Gasteiger partial charge in [-0.1, -0.05) is 13.8 Å². The minimum Gasteiger partial charge on any atom is -0.297 e. The van der Waals surface area contributed by atoms with E-state index in [0.29, 0.717) is 5.92 Å². The second-order valence-electron chi connectivity index (χ2n) is 5.32. The van der Waals surface area contributed by atoms with Crippen LogP contribution in [0.5, 0.6) is 0 Å². The number of fused-ring (bicyclic) bond motifs is 1. The molecule has 20 heavy (non-hydrogen) atoms. The third-order valence-corrected chi connectivity index (χ3v) is 3.71. The van der Waals surface area contributed by atoms with Crippen molar-refractivity contribution in [2.45, 2.75) is 40.0 Å². The Hall–Kier alpha value is -1.69. The highest BCUT2D eigenvalue weighted by Gasteiger charge is 2.07. The summed E-state index contributed by atoms with van der Waals surface area (Å²) in [5.41, 5.74) is 4.32. The van der Waals surface area contributed by atoms with Gasteiger partial charge in [0.2, 0.25) is 5.91 Å². The van der Waals surface area contributed by atoms with Crippen molar-refractivity contribution in [1.82, 2.24) is 14.8 Å². The molecule has 108 valence electrons. The first-order valence-corrected chi connectivity index (χ1v) is 7.65. The summed E-state index contributed by atoms with van der Waals surface area (Å²) < 4.78 is 1.92. The molecule has 2 aromatic heterocycles. The van der Waals surface area contributed by atoms with Crippen molar-refractivity contribution >= 4 is 27.9 Å². The van der Waals surface area contributed by atoms with Gasteiger partial charge in [-0.3, -0.25) is 9.20 Å². The molecule has 0 aromatic carbocycles. The van der Waals surface area contributed by atoms with E-state index < -0.39 is 0 Å². The number of nitrogens with zero attached hydrogens (tertiary/aromatic N) is 3. The second kappa shape index (κ2) is 6.65. The largest absolute Gasteiger partial charge is 0.297 e. The van der Waals surface area contributed by atoms with E-state index in [4.69, 9.17) is 0 Å². The first-order valence-electron chi connectivity index (χ1n) is 6.77. The van der Waals surface area contributed by atoms with Crippen LogP contribution in [-0.2, 0) is 11.2 Å². The Morgan fingerprint density at radius 3 is 3.05 bits per heavy atom. The van der Waals surface area contributed by atoms with E-state index >= 15 is 0 Å². The van der Waals surface area contributed by atoms with Crippen LogP contribution in [0, 0.1) is 5.92 Å². The summed E-state index contributed by atoms with van der Waals surface area (Å²) in [5, 5.41) is 6.09. The van der Waals surface area contributed by atoms with E-state index in [1.807, 2.05) is 29.1 Å². The molecule has 1 amide bonds. The minimum atomic E-state index is -0.125. The van der Waals surface area contributed by atoms with E-state index in [1.54, 1.807) is 11.3 Å². The number of hydrazone groups is 1. The second-order valence-corrected chi connectivity index (χ2v) is 6.19. The lowest BCUT2D eigenvalue weighted by Gasteiger charge is -2.04. The molecule has 0 saturated carbocycles. The molecule has 2 aromatic rings. The summed E-state index contributed by atoms with van der Waals surface area (Å²) >= 11 is 1.56. The summed E-state index contributed by atoms with van der Waals surface area (Å²) in [6, 6.07) is 0. The van der Waals surface area contributed by atoms with Gasteiger partial charge in [-0.15, -0.1) is 11.3 Å². The van der Waals surface area contributed by atoms with Gasteiger partial charge in [0, 0.05) is 23.5 Å². The molecule has 0 unspecified atom stereocenters. The Morgan fingerprint density at radius 2 is 2.35 bits per heavy atom. The predicted molar refractivity (Wildman–Crippen MR) is 82.1 cm³/mol. The maximum absolute atomic E-state index is 11.8. The SMILES string of the molecule is CC(CCC(C)C)=NNC(=O)Cc1cn2ccsc2n1. The van der Waals surface area contributed by atoms with Crippen LogP contribution in [0.15, 0.2) is 22.9 Å². The summed E-state index contributed by atoms with van der Waals surface area (Å²) in [4.78, 5) is 17.1. The van der Waals surface area contributed by atoms with Crippen LogP contribution in [0.4, 0.5) is 0 Å². The zero-order valence-electron chi connectivity index (χ0n) is 12.1. The number of aromatic nitrogens is 2. The van der Waals surface area contributed by atoms with Gasteiger partial charge in [-0.05, 0) is 25.7 Å². The van der Waals surface area contributed by atoms with Gasteiger partial charge in [-0.25, -0.2) is 10.4 Å². The van der Waals surface area contributed by atoms with Crippen molar-refractivity contribution in [2.75, 3.05) is 0 Å². The Kier molecular flexibility index (Phi) is 4.89. The first kappa shape index (κ1) is 14.7. The Morgan fingerprint density at radius 1 is 1.55 bits per heavy atom. The molecule has 0 bridgehead atoms. The number of carbonyl (C=O) groups excluding carboxylic acids is 1. The van der Waals surface area contributed by atoms with Crippen molar-refractivity contribution in [1.29, 1.82) is 0 Å². The van der Waals surface area contributed by atoms with Crippen LogP contribution in [-0.4, -0.2) is 21.0 Å². The average molecular weight is 292 g/mol. The number of hydrogen-bond donors (Lipinski definition) is 1. The Bertz CT molecular complexity index is 583. The highest BCUT2D eigenvalue weighted by Crippen LogP contribution is 2.11. The van der Waals surface area contributed by atoms with Crippen molar-refractivity contribution < 1.29 is 4.79 Å². The van der Waals surface area contributed by atoms with E-state index in [9.17, 15) is 4.79 Å². The highest BCUT2D eigenvalue weighted by atomic mass is 32.1. The van der Waals surface area contributed by atoms with Crippen LogP contribution < -0.4 is 5.43 Å². The zero-order chi connectivity index (χ0) is 14.5. The van der Waals surface area contributed by atoms with Gasteiger partial charge in [0.1, 0.15) is 0 Å². The van der Waals surface area contributed by atoms with Crippen LogP contribution >= 0.6 is 11.3 Å². The summed E-state index contributed by atoms with van der Waals surface area (Å²) in [7, 11) is 0. The third kappa shape index (κ3) is 4.16. The number of amides is 1. The van der Waals surface area contributed by atoms with Gasteiger partial charge in [-0.2, -0.15) is 5.10 Å². The normalized spacial score (nSPS) is 12.3. The fourth-order valence-electron chi connectivity index (χ4n) is 1.78. The van der Waals surface area contributed by atoms with Crippen LogP contribution in [0.25, 0.3) is 4.96 Å². The fraction of sp³-hybridized carbons (Fsp3) is 0.500. The highest BCUT2D eigenvalue weighted by molar-refractivity contribution is 7.15. The standard InChI is InChI=1S/C14H20N4OS/c1-10(2)4-5-11(3)16-17-13(19)8-12-9-18-6-7-20-14(18)15-12/h6-7,9-10H,4-5,8H2,1-3H3,(H,17,19). The number of thiazole rings is 1. The molecule has 0 fully saturated rings. The van der Waals surface area contributed by atoms with E-state index in [1.165, 1.54) is 0 Å². The van der Waals surface area contributed by atoms with Gasteiger partial charge < -0.3 is 0 Å². The number of imidazole rings is 1. The molecule has 2 rings (SSSR count). The molecule has 0 radical (unpaired) electrons. The molecule has 0 aliphatic heterocycles. The quantitative estimate of drug-likeness (QED) is 0.657. The maximum Gasteiger partial charge on any atom is 0.246 e. The lowest BCUT2D eigenvalue weighted by atomic mass is 10.1. The molecular weight excluding hydrogens is 272 g/mol. The van der Waals surface area contributed by atoms with E-state index in [2.05, 4.69) is 29.4 Å². The Labute approximate surface area is 122 Å². The van der Waals surface area contributed by atoms with Gasteiger partial charge >= 0.3 is 0 Å². The van der Waals surface area contributed by atoms with Crippen molar-refractivity contribution in [2.24, 2.45) is 11.0 Å². The van der Waals surface area contributed by atoms with Crippen LogP contribution in [0.3, 0.4) is 0 Å². The third-order valence-electron chi connectivity index (χ3n) is 2.94. The molecule has 0 aliphatic carbocycles.